The van der Waals surface area contributed by atoms with Crippen LogP contribution in [0.2, 0.25) is 0 Å². The van der Waals surface area contributed by atoms with Crippen molar-refractivity contribution in [3.05, 3.63) is 23.8 Å². The van der Waals surface area contributed by atoms with Crippen LogP contribution in [-0.2, 0) is 0 Å². The summed E-state index contributed by atoms with van der Waals surface area (Å²) in [6.45, 7) is 2.56. The van der Waals surface area contributed by atoms with Crippen molar-refractivity contribution in [1.29, 1.82) is 0 Å². The molecular formula is C13H19N3OS. The van der Waals surface area contributed by atoms with Crippen LogP contribution in [0.4, 0.5) is 0 Å². The second kappa shape index (κ2) is 6.73. The number of aryl methyl sites for hydroxylation is 1. The van der Waals surface area contributed by atoms with Crippen molar-refractivity contribution in [2.45, 2.75) is 37.9 Å². The Morgan fingerprint density at radius 1 is 1.39 bits per heavy atom. The Labute approximate surface area is 112 Å². The van der Waals surface area contributed by atoms with E-state index in [4.69, 9.17) is 0 Å². The topological polar surface area (TPSA) is 54.9 Å². The van der Waals surface area contributed by atoms with Crippen molar-refractivity contribution in [2.24, 2.45) is 0 Å². The molecule has 1 amide bonds. The molecule has 0 atom stereocenters. The summed E-state index contributed by atoms with van der Waals surface area (Å²) in [6, 6.07) is 0. The Hall–Kier alpha value is -1.10. The van der Waals surface area contributed by atoms with E-state index >= 15 is 0 Å². The lowest BCUT2D eigenvalue weighted by Gasteiger charge is -2.09. The fourth-order valence-electron chi connectivity index (χ4n) is 2.05. The molecule has 1 fully saturated rings. The Morgan fingerprint density at radius 2 is 2.17 bits per heavy atom. The summed E-state index contributed by atoms with van der Waals surface area (Å²) >= 11 is 1.97. The first-order valence-corrected chi connectivity index (χ1v) is 7.49. The predicted octanol–water partition coefficient (Wildman–Crippen LogP) is 2.19. The van der Waals surface area contributed by atoms with E-state index < -0.39 is 0 Å². The zero-order valence-corrected chi connectivity index (χ0v) is 11.5. The van der Waals surface area contributed by atoms with E-state index in [0.29, 0.717) is 12.2 Å². The fraction of sp³-hybridized carbons (Fsp3) is 0.615. The minimum absolute atomic E-state index is 0.130. The van der Waals surface area contributed by atoms with Crippen molar-refractivity contribution in [2.75, 3.05) is 12.3 Å². The highest BCUT2D eigenvalue weighted by Gasteiger charge is 2.15. The van der Waals surface area contributed by atoms with Gasteiger partial charge in [0.25, 0.3) is 5.91 Å². The molecule has 4 nitrogen and oxygen atoms in total. The van der Waals surface area contributed by atoms with E-state index in [2.05, 4.69) is 15.3 Å². The summed E-state index contributed by atoms with van der Waals surface area (Å²) in [7, 11) is 0. The smallest absolute Gasteiger partial charge is 0.271 e. The number of carbonyl (C=O) groups excluding carboxylic acids is 1. The summed E-state index contributed by atoms with van der Waals surface area (Å²) in [5.41, 5.74) is 1.22. The third kappa shape index (κ3) is 3.98. The molecule has 1 N–H and O–H groups in total. The fourth-order valence-corrected chi connectivity index (χ4v) is 3.27. The second-order valence-electron chi connectivity index (χ2n) is 4.58. The monoisotopic (exact) mass is 265 g/mol. The zero-order valence-electron chi connectivity index (χ0n) is 10.7. The predicted molar refractivity (Wildman–Crippen MR) is 73.8 cm³/mol. The van der Waals surface area contributed by atoms with Crippen LogP contribution in [0.15, 0.2) is 12.4 Å². The van der Waals surface area contributed by atoms with Gasteiger partial charge in [-0.3, -0.25) is 9.78 Å². The SMILES string of the molecule is Cc1cnc(C(=O)NCCSC2CCCC2)cn1. The van der Waals surface area contributed by atoms with E-state index in [9.17, 15) is 4.79 Å². The molecule has 1 aliphatic carbocycles. The lowest BCUT2D eigenvalue weighted by atomic mass is 10.4. The average molecular weight is 265 g/mol. The second-order valence-corrected chi connectivity index (χ2v) is 5.98. The van der Waals surface area contributed by atoms with Crippen molar-refractivity contribution < 1.29 is 4.79 Å². The van der Waals surface area contributed by atoms with Gasteiger partial charge in [-0.05, 0) is 19.8 Å². The highest BCUT2D eigenvalue weighted by atomic mass is 32.2. The van der Waals surface area contributed by atoms with Crippen LogP contribution in [-0.4, -0.2) is 33.4 Å². The van der Waals surface area contributed by atoms with Crippen molar-refractivity contribution in [1.82, 2.24) is 15.3 Å². The molecule has 1 aromatic heterocycles. The molecule has 0 unspecified atom stereocenters. The van der Waals surface area contributed by atoms with Crippen LogP contribution in [0.1, 0.15) is 41.9 Å². The first-order valence-electron chi connectivity index (χ1n) is 6.44. The van der Waals surface area contributed by atoms with Gasteiger partial charge in [0.1, 0.15) is 5.69 Å². The van der Waals surface area contributed by atoms with Crippen LogP contribution in [0.3, 0.4) is 0 Å². The maximum absolute atomic E-state index is 11.7. The molecule has 0 aliphatic heterocycles. The van der Waals surface area contributed by atoms with Gasteiger partial charge < -0.3 is 5.32 Å². The number of hydrogen-bond acceptors (Lipinski definition) is 4. The van der Waals surface area contributed by atoms with Gasteiger partial charge >= 0.3 is 0 Å². The van der Waals surface area contributed by atoms with Crippen LogP contribution in [0.5, 0.6) is 0 Å². The van der Waals surface area contributed by atoms with Crippen molar-refractivity contribution >= 4 is 17.7 Å². The number of hydrogen-bond donors (Lipinski definition) is 1. The lowest BCUT2D eigenvalue weighted by Crippen LogP contribution is -2.27. The summed E-state index contributed by atoms with van der Waals surface area (Å²) < 4.78 is 0. The van der Waals surface area contributed by atoms with Gasteiger partial charge in [0.15, 0.2) is 0 Å². The van der Waals surface area contributed by atoms with E-state index in [1.54, 1.807) is 6.20 Å². The van der Waals surface area contributed by atoms with Gasteiger partial charge in [-0.15, -0.1) is 0 Å². The van der Waals surface area contributed by atoms with Crippen LogP contribution in [0.25, 0.3) is 0 Å². The molecule has 0 spiro atoms. The normalized spacial score (nSPS) is 15.8. The van der Waals surface area contributed by atoms with Gasteiger partial charge in [-0.25, -0.2) is 4.98 Å². The maximum atomic E-state index is 11.7. The molecule has 18 heavy (non-hydrogen) atoms. The molecule has 5 heteroatoms. The molecule has 1 aliphatic rings. The van der Waals surface area contributed by atoms with E-state index in [1.807, 2.05) is 18.7 Å². The summed E-state index contributed by atoms with van der Waals surface area (Å²) in [5.74, 6) is 0.852. The molecule has 0 radical (unpaired) electrons. The number of amides is 1. The van der Waals surface area contributed by atoms with E-state index in [-0.39, 0.29) is 5.91 Å². The van der Waals surface area contributed by atoms with Crippen molar-refractivity contribution in [3.8, 4) is 0 Å². The number of aromatic nitrogens is 2. The van der Waals surface area contributed by atoms with Gasteiger partial charge in [-0.1, -0.05) is 12.8 Å². The van der Waals surface area contributed by atoms with Gasteiger partial charge in [0.2, 0.25) is 0 Å². The minimum Gasteiger partial charge on any atom is -0.350 e. The summed E-state index contributed by atoms with van der Waals surface area (Å²) in [5, 5.41) is 3.69. The molecular weight excluding hydrogens is 246 g/mol. The van der Waals surface area contributed by atoms with E-state index in [1.165, 1.54) is 31.9 Å². The van der Waals surface area contributed by atoms with Crippen LogP contribution >= 0.6 is 11.8 Å². The van der Waals surface area contributed by atoms with Crippen molar-refractivity contribution in [3.63, 3.8) is 0 Å². The molecule has 98 valence electrons. The highest BCUT2D eigenvalue weighted by Crippen LogP contribution is 2.28. The third-order valence-corrected chi connectivity index (χ3v) is 4.44. The molecule has 0 bridgehead atoms. The third-order valence-electron chi connectivity index (χ3n) is 3.06. The number of nitrogens with zero attached hydrogens (tertiary/aromatic N) is 2. The highest BCUT2D eigenvalue weighted by molar-refractivity contribution is 7.99. The van der Waals surface area contributed by atoms with Gasteiger partial charge in [0, 0.05) is 23.7 Å². The Kier molecular flexibility index (Phi) is 4.99. The molecule has 0 saturated heterocycles. The Bertz CT molecular complexity index is 388. The number of rotatable bonds is 5. The minimum atomic E-state index is -0.130. The van der Waals surface area contributed by atoms with E-state index in [0.717, 1.165) is 16.7 Å². The van der Waals surface area contributed by atoms with Crippen LogP contribution < -0.4 is 5.32 Å². The number of thioether (sulfide) groups is 1. The molecule has 1 saturated carbocycles. The first kappa shape index (κ1) is 13.3. The standard InChI is InChI=1S/C13H19N3OS/c1-10-8-16-12(9-15-10)13(17)14-6-7-18-11-4-2-3-5-11/h8-9,11H,2-7H2,1H3,(H,14,17). The Morgan fingerprint density at radius 3 is 2.83 bits per heavy atom. The number of nitrogens with one attached hydrogen (secondary N) is 1. The summed E-state index contributed by atoms with van der Waals surface area (Å²) in [4.78, 5) is 19.8. The molecule has 1 aromatic rings. The van der Waals surface area contributed by atoms with Gasteiger partial charge in [-0.2, -0.15) is 11.8 Å². The average Bonchev–Trinajstić information content (AvgIpc) is 2.88. The Balaban J connectivity index is 1.66. The van der Waals surface area contributed by atoms with Gasteiger partial charge in [0.05, 0.1) is 11.9 Å². The summed E-state index contributed by atoms with van der Waals surface area (Å²) in [6.07, 6.45) is 8.53. The molecule has 0 aromatic carbocycles. The molecule has 2 rings (SSSR count). The number of carbonyl (C=O) groups is 1. The zero-order chi connectivity index (χ0) is 12.8. The molecule has 1 heterocycles. The largest absolute Gasteiger partial charge is 0.350 e. The lowest BCUT2D eigenvalue weighted by molar-refractivity contribution is 0.0951. The van der Waals surface area contributed by atoms with Crippen LogP contribution in [0, 0.1) is 6.92 Å². The maximum Gasteiger partial charge on any atom is 0.271 e. The quantitative estimate of drug-likeness (QED) is 0.829. The first-order chi connectivity index (χ1) is 8.75.